The Morgan fingerprint density at radius 1 is 1.48 bits per heavy atom. The van der Waals surface area contributed by atoms with E-state index in [1.807, 2.05) is 30.5 Å². The highest BCUT2D eigenvalue weighted by atomic mass is 32.1. The Morgan fingerprint density at radius 3 is 2.90 bits per heavy atom. The first-order valence-corrected chi connectivity index (χ1v) is 7.81. The third kappa shape index (κ3) is 4.34. The van der Waals surface area contributed by atoms with Gasteiger partial charge in [0.25, 0.3) is 0 Å². The number of aromatic nitrogens is 2. The molecule has 0 saturated carbocycles. The molecule has 1 amide bonds. The largest absolute Gasteiger partial charge is 0.391 e. The Bertz CT molecular complexity index is 584. The summed E-state index contributed by atoms with van der Waals surface area (Å²) < 4.78 is 0. The molecular formula is C15H19N3O2S. The lowest BCUT2D eigenvalue weighted by atomic mass is 10.1. The van der Waals surface area contributed by atoms with Crippen molar-refractivity contribution in [3.05, 3.63) is 35.5 Å². The Labute approximate surface area is 128 Å². The van der Waals surface area contributed by atoms with E-state index >= 15 is 0 Å². The Balaban J connectivity index is 1.98. The molecule has 0 radical (unpaired) electrons. The standard InChI is InChI=1S/C15H19N3O2S/c1-3-12(10(2)19)18-14(20)8-11-9-21-15(17-11)13-6-4-5-7-16-13/h4-7,9-10,12,19H,3,8H2,1-2H3,(H,18,20)/t10-,12+/m1/s1. The predicted molar refractivity (Wildman–Crippen MR) is 83.0 cm³/mol. The molecule has 2 aromatic heterocycles. The van der Waals surface area contributed by atoms with Gasteiger partial charge in [-0.15, -0.1) is 11.3 Å². The lowest BCUT2D eigenvalue weighted by molar-refractivity contribution is -0.122. The van der Waals surface area contributed by atoms with E-state index in [0.29, 0.717) is 6.42 Å². The maximum atomic E-state index is 12.0. The molecule has 0 aromatic carbocycles. The van der Waals surface area contributed by atoms with Gasteiger partial charge in [-0.2, -0.15) is 0 Å². The minimum atomic E-state index is -0.557. The fourth-order valence-electron chi connectivity index (χ4n) is 1.98. The molecule has 2 heterocycles. The molecular weight excluding hydrogens is 286 g/mol. The van der Waals surface area contributed by atoms with Gasteiger partial charge in [-0.05, 0) is 25.5 Å². The van der Waals surface area contributed by atoms with Crippen LogP contribution in [0, 0.1) is 0 Å². The quantitative estimate of drug-likeness (QED) is 0.856. The maximum absolute atomic E-state index is 12.0. The third-order valence-electron chi connectivity index (χ3n) is 3.15. The van der Waals surface area contributed by atoms with Crippen LogP contribution >= 0.6 is 11.3 Å². The average Bonchev–Trinajstić information content (AvgIpc) is 2.93. The van der Waals surface area contributed by atoms with E-state index in [1.54, 1.807) is 13.1 Å². The molecule has 0 unspecified atom stereocenters. The molecule has 0 spiro atoms. The second kappa shape index (κ2) is 7.28. The zero-order chi connectivity index (χ0) is 15.2. The zero-order valence-corrected chi connectivity index (χ0v) is 12.9. The fraction of sp³-hybridized carbons (Fsp3) is 0.400. The number of aliphatic hydroxyl groups excluding tert-OH is 1. The van der Waals surface area contributed by atoms with Gasteiger partial charge >= 0.3 is 0 Å². The number of nitrogens with one attached hydrogen (secondary N) is 1. The highest BCUT2D eigenvalue weighted by Crippen LogP contribution is 2.21. The first-order valence-electron chi connectivity index (χ1n) is 6.93. The molecule has 0 fully saturated rings. The van der Waals surface area contributed by atoms with Gasteiger partial charge in [-0.3, -0.25) is 9.78 Å². The van der Waals surface area contributed by atoms with Crippen molar-refractivity contribution in [3.8, 4) is 10.7 Å². The first-order chi connectivity index (χ1) is 10.1. The van der Waals surface area contributed by atoms with E-state index in [2.05, 4.69) is 15.3 Å². The van der Waals surface area contributed by atoms with Crippen LogP contribution in [0.1, 0.15) is 26.0 Å². The van der Waals surface area contributed by atoms with Crippen molar-refractivity contribution in [3.63, 3.8) is 0 Å². The molecule has 6 heteroatoms. The van der Waals surface area contributed by atoms with E-state index < -0.39 is 6.10 Å². The molecule has 2 N–H and O–H groups in total. The summed E-state index contributed by atoms with van der Waals surface area (Å²) in [6, 6.07) is 5.44. The Morgan fingerprint density at radius 2 is 2.29 bits per heavy atom. The van der Waals surface area contributed by atoms with Crippen molar-refractivity contribution in [1.29, 1.82) is 0 Å². The highest BCUT2D eigenvalue weighted by Gasteiger charge is 2.16. The number of aliphatic hydroxyl groups is 1. The molecule has 0 bridgehead atoms. The van der Waals surface area contributed by atoms with Gasteiger partial charge < -0.3 is 10.4 Å². The van der Waals surface area contributed by atoms with Crippen LogP contribution in [0.15, 0.2) is 29.8 Å². The molecule has 2 aromatic rings. The van der Waals surface area contributed by atoms with Gasteiger partial charge in [-0.1, -0.05) is 13.0 Å². The second-order valence-corrected chi connectivity index (χ2v) is 5.72. The van der Waals surface area contributed by atoms with Crippen molar-refractivity contribution in [2.75, 3.05) is 0 Å². The Hall–Kier alpha value is -1.79. The number of nitrogens with zero attached hydrogens (tertiary/aromatic N) is 2. The van der Waals surface area contributed by atoms with Crippen LogP contribution < -0.4 is 5.32 Å². The SMILES string of the molecule is CC[C@H](NC(=O)Cc1csc(-c2ccccn2)n1)[C@@H](C)O. The number of carbonyl (C=O) groups is 1. The number of hydrogen-bond acceptors (Lipinski definition) is 5. The summed E-state index contributed by atoms with van der Waals surface area (Å²) in [5.41, 5.74) is 1.53. The number of hydrogen-bond donors (Lipinski definition) is 2. The zero-order valence-electron chi connectivity index (χ0n) is 12.1. The maximum Gasteiger partial charge on any atom is 0.226 e. The van der Waals surface area contributed by atoms with Crippen LogP contribution in [0.4, 0.5) is 0 Å². The molecule has 0 aliphatic rings. The normalized spacial score (nSPS) is 13.7. The van der Waals surface area contributed by atoms with Gasteiger partial charge in [0.05, 0.1) is 30.0 Å². The van der Waals surface area contributed by atoms with Gasteiger partial charge in [-0.25, -0.2) is 4.98 Å². The molecule has 0 saturated heterocycles. The van der Waals surface area contributed by atoms with Gasteiger partial charge in [0.15, 0.2) is 0 Å². The second-order valence-electron chi connectivity index (χ2n) is 4.86. The smallest absolute Gasteiger partial charge is 0.226 e. The van der Waals surface area contributed by atoms with E-state index in [9.17, 15) is 9.90 Å². The van der Waals surface area contributed by atoms with Crippen molar-refractivity contribution in [2.24, 2.45) is 0 Å². The number of thiazole rings is 1. The lowest BCUT2D eigenvalue weighted by Crippen LogP contribution is -2.42. The summed E-state index contributed by atoms with van der Waals surface area (Å²) >= 11 is 1.47. The van der Waals surface area contributed by atoms with Crippen molar-refractivity contribution < 1.29 is 9.90 Å². The first kappa shape index (κ1) is 15.6. The molecule has 2 atom stereocenters. The molecule has 0 aliphatic carbocycles. The summed E-state index contributed by atoms with van der Waals surface area (Å²) in [4.78, 5) is 20.6. The van der Waals surface area contributed by atoms with Crippen molar-refractivity contribution in [1.82, 2.24) is 15.3 Å². The van der Waals surface area contributed by atoms with E-state index in [1.165, 1.54) is 11.3 Å². The lowest BCUT2D eigenvalue weighted by Gasteiger charge is -2.19. The molecule has 112 valence electrons. The summed E-state index contributed by atoms with van der Waals surface area (Å²) in [6.45, 7) is 3.61. The summed E-state index contributed by atoms with van der Waals surface area (Å²) in [7, 11) is 0. The highest BCUT2D eigenvalue weighted by molar-refractivity contribution is 7.13. The van der Waals surface area contributed by atoms with Gasteiger partial charge in [0.1, 0.15) is 5.01 Å². The van der Waals surface area contributed by atoms with Crippen molar-refractivity contribution in [2.45, 2.75) is 38.8 Å². The van der Waals surface area contributed by atoms with Crippen LogP contribution in [0.3, 0.4) is 0 Å². The minimum absolute atomic E-state index is 0.124. The topological polar surface area (TPSA) is 75.1 Å². The molecule has 5 nitrogen and oxygen atoms in total. The number of carbonyl (C=O) groups excluding carboxylic acids is 1. The number of rotatable bonds is 6. The van der Waals surface area contributed by atoms with Crippen LogP contribution in [0.25, 0.3) is 10.7 Å². The number of amides is 1. The van der Waals surface area contributed by atoms with Crippen LogP contribution in [-0.4, -0.2) is 33.1 Å². The monoisotopic (exact) mass is 305 g/mol. The van der Waals surface area contributed by atoms with E-state index in [-0.39, 0.29) is 18.4 Å². The number of pyridine rings is 1. The molecule has 2 rings (SSSR count). The van der Waals surface area contributed by atoms with Crippen molar-refractivity contribution >= 4 is 17.2 Å². The van der Waals surface area contributed by atoms with Crippen LogP contribution in [0.5, 0.6) is 0 Å². The third-order valence-corrected chi connectivity index (χ3v) is 4.06. The molecule has 0 aliphatic heterocycles. The van der Waals surface area contributed by atoms with Gasteiger partial charge in [0, 0.05) is 11.6 Å². The van der Waals surface area contributed by atoms with Crippen LogP contribution in [-0.2, 0) is 11.2 Å². The average molecular weight is 305 g/mol. The summed E-state index contributed by atoms with van der Waals surface area (Å²) in [6.07, 6.45) is 2.07. The summed E-state index contributed by atoms with van der Waals surface area (Å²) in [5, 5.41) is 15.0. The minimum Gasteiger partial charge on any atom is -0.391 e. The molecule has 21 heavy (non-hydrogen) atoms. The van der Waals surface area contributed by atoms with Crippen LogP contribution in [0.2, 0.25) is 0 Å². The predicted octanol–water partition coefficient (Wildman–Crippen LogP) is 2.02. The fourth-order valence-corrected chi connectivity index (χ4v) is 2.78. The van der Waals surface area contributed by atoms with E-state index in [4.69, 9.17) is 0 Å². The summed E-state index contributed by atoms with van der Waals surface area (Å²) in [5.74, 6) is -0.124. The van der Waals surface area contributed by atoms with E-state index in [0.717, 1.165) is 16.4 Å². The Kier molecular flexibility index (Phi) is 5.41. The van der Waals surface area contributed by atoms with Gasteiger partial charge in [0.2, 0.25) is 5.91 Å².